The minimum absolute atomic E-state index is 0.0310. The van der Waals surface area contributed by atoms with Gasteiger partial charge in [-0.15, -0.1) is 0 Å². The van der Waals surface area contributed by atoms with Crippen LogP contribution in [0.1, 0.15) is 6.92 Å². The fourth-order valence-electron chi connectivity index (χ4n) is 2.19. The molecular weight excluding hydrogens is 335 g/mol. The molecule has 0 saturated carbocycles. The average Bonchev–Trinajstić information content (AvgIpc) is 2.47. The van der Waals surface area contributed by atoms with Crippen molar-refractivity contribution < 1.29 is 22.3 Å². The van der Waals surface area contributed by atoms with Crippen molar-refractivity contribution in [1.82, 2.24) is 0 Å². The maximum atomic E-state index is 13.8. The summed E-state index contributed by atoms with van der Waals surface area (Å²) in [6, 6.07) is 8.93. The Morgan fingerprint density at radius 1 is 1.17 bits per heavy atom. The molecule has 24 heavy (non-hydrogen) atoms. The van der Waals surface area contributed by atoms with E-state index in [-0.39, 0.29) is 5.69 Å². The number of halogens is 1. The molecule has 8 heteroatoms. The Morgan fingerprint density at radius 3 is 2.46 bits per heavy atom. The molecule has 0 saturated heterocycles. The van der Waals surface area contributed by atoms with Gasteiger partial charge in [0, 0.05) is 18.2 Å². The van der Waals surface area contributed by atoms with Gasteiger partial charge in [0.2, 0.25) is 15.9 Å². The highest BCUT2D eigenvalue weighted by Gasteiger charge is 2.12. The number of amides is 1. The van der Waals surface area contributed by atoms with Gasteiger partial charge < -0.3 is 10.1 Å². The molecule has 0 spiro atoms. The molecule has 2 aromatic carbocycles. The molecule has 0 heterocycles. The van der Waals surface area contributed by atoms with Crippen LogP contribution in [0.3, 0.4) is 0 Å². The molecule has 6 nitrogen and oxygen atoms in total. The van der Waals surface area contributed by atoms with E-state index >= 15 is 0 Å². The van der Waals surface area contributed by atoms with Gasteiger partial charge in [-0.1, -0.05) is 6.07 Å². The number of carbonyl (C=O) groups is 1. The summed E-state index contributed by atoms with van der Waals surface area (Å²) in [5.41, 5.74) is 1.49. The first-order chi connectivity index (χ1) is 11.2. The van der Waals surface area contributed by atoms with Crippen molar-refractivity contribution in [2.45, 2.75) is 6.92 Å². The number of benzene rings is 2. The average molecular weight is 352 g/mol. The molecule has 0 aliphatic heterocycles. The molecule has 2 aromatic rings. The molecule has 2 N–H and O–H groups in total. The number of carbonyl (C=O) groups excluding carboxylic acids is 1. The molecular formula is C16H17FN2O4S. The Hall–Kier alpha value is -2.61. The molecule has 128 valence electrons. The van der Waals surface area contributed by atoms with Crippen LogP contribution in [0, 0.1) is 5.82 Å². The molecule has 0 aliphatic carbocycles. The SMILES string of the molecule is COc1ccc(NS(C)(=O)=O)cc1-c1ccc(F)c(NC(C)=O)c1. The molecule has 0 bridgehead atoms. The lowest BCUT2D eigenvalue weighted by molar-refractivity contribution is -0.114. The summed E-state index contributed by atoms with van der Waals surface area (Å²) >= 11 is 0. The van der Waals surface area contributed by atoms with E-state index in [1.807, 2.05) is 0 Å². The Kier molecular flexibility index (Phi) is 5.08. The number of hydrogen-bond donors (Lipinski definition) is 2. The number of nitrogens with one attached hydrogen (secondary N) is 2. The maximum Gasteiger partial charge on any atom is 0.229 e. The molecule has 0 unspecified atom stereocenters. The van der Waals surface area contributed by atoms with Gasteiger partial charge in [-0.2, -0.15) is 0 Å². The molecule has 0 aliphatic rings. The van der Waals surface area contributed by atoms with Gasteiger partial charge in [0.25, 0.3) is 0 Å². The van der Waals surface area contributed by atoms with Crippen LogP contribution in [-0.2, 0) is 14.8 Å². The minimum atomic E-state index is -3.43. The molecule has 2 rings (SSSR count). The van der Waals surface area contributed by atoms with Crippen LogP contribution in [0.15, 0.2) is 36.4 Å². The normalized spacial score (nSPS) is 11.0. The van der Waals surface area contributed by atoms with Crippen molar-refractivity contribution >= 4 is 27.3 Å². The van der Waals surface area contributed by atoms with E-state index in [0.29, 0.717) is 22.6 Å². The van der Waals surface area contributed by atoms with Crippen molar-refractivity contribution in [3.05, 3.63) is 42.2 Å². The van der Waals surface area contributed by atoms with Crippen molar-refractivity contribution in [2.75, 3.05) is 23.4 Å². The predicted octanol–water partition coefficient (Wildman–Crippen LogP) is 2.83. The zero-order valence-electron chi connectivity index (χ0n) is 13.4. The first kappa shape index (κ1) is 17.7. The van der Waals surface area contributed by atoms with E-state index in [1.165, 1.54) is 32.2 Å². The summed E-state index contributed by atoms with van der Waals surface area (Å²) in [6.07, 6.45) is 1.05. The van der Waals surface area contributed by atoms with Crippen LogP contribution >= 0.6 is 0 Å². The van der Waals surface area contributed by atoms with Crippen molar-refractivity contribution in [3.8, 4) is 16.9 Å². The summed E-state index contributed by atoms with van der Waals surface area (Å²) in [6.45, 7) is 1.28. The number of sulfonamides is 1. The van der Waals surface area contributed by atoms with Crippen LogP contribution < -0.4 is 14.8 Å². The second-order valence-electron chi connectivity index (χ2n) is 5.17. The van der Waals surface area contributed by atoms with Crippen molar-refractivity contribution in [3.63, 3.8) is 0 Å². The van der Waals surface area contributed by atoms with Crippen LogP contribution in [-0.4, -0.2) is 27.7 Å². The maximum absolute atomic E-state index is 13.8. The zero-order valence-corrected chi connectivity index (χ0v) is 14.2. The standard InChI is InChI=1S/C16H17FN2O4S/c1-10(20)18-15-8-11(4-6-14(15)17)13-9-12(19-24(3,21)22)5-7-16(13)23-2/h4-9,19H,1-3H3,(H,18,20). The number of methoxy groups -OCH3 is 1. The third-order valence-electron chi connectivity index (χ3n) is 3.09. The van der Waals surface area contributed by atoms with E-state index < -0.39 is 21.7 Å². The fourth-order valence-corrected chi connectivity index (χ4v) is 2.74. The third kappa shape index (κ3) is 4.45. The van der Waals surface area contributed by atoms with Crippen LogP contribution in [0.5, 0.6) is 5.75 Å². The monoisotopic (exact) mass is 352 g/mol. The Bertz CT molecular complexity index is 882. The lowest BCUT2D eigenvalue weighted by Gasteiger charge is -2.13. The lowest BCUT2D eigenvalue weighted by Crippen LogP contribution is -2.09. The van der Waals surface area contributed by atoms with E-state index in [2.05, 4.69) is 10.0 Å². The molecule has 0 radical (unpaired) electrons. The quantitative estimate of drug-likeness (QED) is 0.867. The first-order valence-electron chi connectivity index (χ1n) is 6.93. The lowest BCUT2D eigenvalue weighted by atomic mass is 10.0. The van der Waals surface area contributed by atoms with E-state index in [0.717, 1.165) is 6.26 Å². The summed E-state index contributed by atoms with van der Waals surface area (Å²) < 4.78 is 44.2. The van der Waals surface area contributed by atoms with E-state index in [4.69, 9.17) is 4.74 Å². The van der Waals surface area contributed by atoms with Gasteiger partial charge in [0.15, 0.2) is 0 Å². The zero-order chi connectivity index (χ0) is 17.9. The second kappa shape index (κ2) is 6.88. The Balaban J connectivity index is 2.53. The van der Waals surface area contributed by atoms with Crippen LogP contribution in [0.4, 0.5) is 15.8 Å². The predicted molar refractivity (Wildman–Crippen MR) is 91.2 cm³/mol. The van der Waals surface area contributed by atoms with E-state index in [9.17, 15) is 17.6 Å². The number of hydrogen-bond acceptors (Lipinski definition) is 4. The van der Waals surface area contributed by atoms with Crippen molar-refractivity contribution in [1.29, 1.82) is 0 Å². The minimum Gasteiger partial charge on any atom is -0.496 e. The summed E-state index contributed by atoms with van der Waals surface area (Å²) in [4.78, 5) is 11.2. The van der Waals surface area contributed by atoms with Crippen LogP contribution in [0.25, 0.3) is 11.1 Å². The van der Waals surface area contributed by atoms with Gasteiger partial charge in [-0.25, -0.2) is 12.8 Å². The Labute approximate surface area is 139 Å². The topological polar surface area (TPSA) is 84.5 Å². The highest BCUT2D eigenvalue weighted by atomic mass is 32.2. The second-order valence-corrected chi connectivity index (χ2v) is 6.91. The number of rotatable bonds is 5. The third-order valence-corrected chi connectivity index (χ3v) is 3.70. The number of ether oxygens (including phenoxy) is 1. The summed E-state index contributed by atoms with van der Waals surface area (Å²) in [7, 11) is -1.96. The van der Waals surface area contributed by atoms with Gasteiger partial charge in [0.1, 0.15) is 11.6 Å². The summed E-state index contributed by atoms with van der Waals surface area (Å²) in [5, 5.41) is 2.41. The highest BCUT2D eigenvalue weighted by Crippen LogP contribution is 2.34. The molecule has 0 aromatic heterocycles. The van der Waals surface area contributed by atoms with Gasteiger partial charge in [-0.05, 0) is 35.9 Å². The first-order valence-corrected chi connectivity index (χ1v) is 8.82. The smallest absolute Gasteiger partial charge is 0.229 e. The van der Waals surface area contributed by atoms with Crippen LogP contribution in [0.2, 0.25) is 0 Å². The summed E-state index contributed by atoms with van der Waals surface area (Å²) in [5.74, 6) is -0.488. The largest absolute Gasteiger partial charge is 0.496 e. The molecule has 0 atom stereocenters. The molecule has 1 amide bonds. The fraction of sp³-hybridized carbons (Fsp3) is 0.188. The van der Waals surface area contributed by atoms with Gasteiger partial charge >= 0.3 is 0 Å². The van der Waals surface area contributed by atoms with Gasteiger partial charge in [-0.3, -0.25) is 9.52 Å². The molecule has 0 fully saturated rings. The number of anilines is 2. The van der Waals surface area contributed by atoms with Gasteiger partial charge in [0.05, 0.1) is 19.1 Å². The highest BCUT2D eigenvalue weighted by molar-refractivity contribution is 7.92. The van der Waals surface area contributed by atoms with E-state index in [1.54, 1.807) is 18.2 Å². The Morgan fingerprint density at radius 2 is 1.88 bits per heavy atom. The van der Waals surface area contributed by atoms with Crippen molar-refractivity contribution in [2.24, 2.45) is 0 Å².